The van der Waals surface area contributed by atoms with Crippen LogP contribution in [-0.2, 0) is 21.9 Å². The van der Waals surface area contributed by atoms with Crippen molar-refractivity contribution in [2.45, 2.75) is 82.6 Å². The zero-order chi connectivity index (χ0) is 25.6. The van der Waals surface area contributed by atoms with Gasteiger partial charge in [-0.15, -0.1) is 0 Å². The highest BCUT2D eigenvalue weighted by Gasteiger charge is 2.37. The maximum absolute atomic E-state index is 13.0. The quantitative estimate of drug-likeness (QED) is 0.388. The second-order valence-electron chi connectivity index (χ2n) is 9.06. The molecule has 2 amide bonds. The Bertz CT molecular complexity index is 816. The minimum atomic E-state index is -5.00. The van der Waals surface area contributed by atoms with Crippen molar-refractivity contribution in [1.29, 1.82) is 0 Å². The summed E-state index contributed by atoms with van der Waals surface area (Å²) in [6, 6.07) is 0.955. The van der Waals surface area contributed by atoms with Gasteiger partial charge < -0.3 is 16.4 Å². The van der Waals surface area contributed by atoms with Crippen molar-refractivity contribution in [2.75, 3.05) is 11.9 Å². The second kappa shape index (κ2) is 11.4. The summed E-state index contributed by atoms with van der Waals surface area (Å²) in [5, 5.41) is 4.94. The third-order valence-electron chi connectivity index (χ3n) is 6.16. The normalized spacial score (nSPS) is 17.2. The highest BCUT2D eigenvalue weighted by molar-refractivity contribution is 5.91. The van der Waals surface area contributed by atoms with E-state index >= 15 is 0 Å². The molecule has 0 bridgehead atoms. The van der Waals surface area contributed by atoms with Crippen LogP contribution in [0.1, 0.15) is 75.8 Å². The van der Waals surface area contributed by atoms with Crippen molar-refractivity contribution in [3.63, 3.8) is 0 Å². The first-order chi connectivity index (χ1) is 15.7. The lowest BCUT2D eigenvalue weighted by molar-refractivity contribution is -0.143. The number of benzene rings is 1. The summed E-state index contributed by atoms with van der Waals surface area (Å²) in [4.78, 5) is 24.5. The molecule has 1 atom stereocenters. The molecular formula is C23H31F6N3O2. The molecule has 5 nitrogen and oxygen atoms in total. The molecule has 1 fully saturated rings. The predicted molar refractivity (Wildman–Crippen MR) is 116 cm³/mol. The van der Waals surface area contributed by atoms with E-state index in [1.807, 2.05) is 6.92 Å². The van der Waals surface area contributed by atoms with Crippen molar-refractivity contribution in [1.82, 2.24) is 5.32 Å². The molecule has 1 aromatic rings. The van der Waals surface area contributed by atoms with Crippen LogP contribution in [0.25, 0.3) is 0 Å². The minimum absolute atomic E-state index is 0.00593. The lowest BCUT2D eigenvalue weighted by Gasteiger charge is -2.32. The Morgan fingerprint density at radius 2 is 1.53 bits per heavy atom. The molecule has 2 rings (SSSR count). The number of halogens is 6. The second-order valence-corrected chi connectivity index (χ2v) is 9.06. The van der Waals surface area contributed by atoms with Crippen LogP contribution < -0.4 is 16.4 Å². The van der Waals surface area contributed by atoms with Gasteiger partial charge in [0.1, 0.15) is 0 Å². The maximum atomic E-state index is 13.0. The van der Waals surface area contributed by atoms with E-state index < -0.39 is 40.6 Å². The number of rotatable bonds is 9. The Kier molecular flexibility index (Phi) is 9.38. The van der Waals surface area contributed by atoms with Gasteiger partial charge in [-0.2, -0.15) is 26.3 Å². The van der Waals surface area contributed by atoms with E-state index in [9.17, 15) is 35.9 Å². The van der Waals surface area contributed by atoms with Crippen LogP contribution in [0.2, 0.25) is 0 Å². The SMILES string of the molecule is CCC(CCNC(=O)CC1(N)CCCCC1)CC(=O)Nc1cc(C(F)(F)F)cc(C(F)(F)F)c1. The number of carbonyl (C=O) groups is 2. The summed E-state index contributed by atoms with van der Waals surface area (Å²) in [6.45, 7) is 2.10. The van der Waals surface area contributed by atoms with Gasteiger partial charge in [-0.25, -0.2) is 0 Å². The van der Waals surface area contributed by atoms with Gasteiger partial charge in [0.15, 0.2) is 0 Å². The van der Waals surface area contributed by atoms with E-state index in [1.165, 1.54) is 0 Å². The van der Waals surface area contributed by atoms with Gasteiger partial charge in [0.25, 0.3) is 0 Å². The monoisotopic (exact) mass is 495 g/mol. The average molecular weight is 496 g/mol. The molecule has 1 unspecified atom stereocenters. The van der Waals surface area contributed by atoms with Crippen molar-refractivity contribution < 1.29 is 35.9 Å². The van der Waals surface area contributed by atoms with E-state index in [0.29, 0.717) is 31.5 Å². The summed E-state index contributed by atoms with van der Waals surface area (Å²) in [5.41, 5.74) is 2.22. The van der Waals surface area contributed by atoms with Crippen LogP contribution in [0.4, 0.5) is 32.0 Å². The van der Waals surface area contributed by atoms with E-state index in [0.717, 1.165) is 32.1 Å². The first-order valence-electron chi connectivity index (χ1n) is 11.4. The van der Waals surface area contributed by atoms with Gasteiger partial charge >= 0.3 is 12.4 Å². The van der Waals surface area contributed by atoms with Gasteiger partial charge in [0.05, 0.1) is 11.1 Å². The fraction of sp³-hybridized carbons (Fsp3) is 0.652. The molecule has 1 aliphatic rings. The Hall–Kier alpha value is -2.30. The highest BCUT2D eigenvalue weighted by Crippen LogP contribution is 2.37. The number of hydrogen-bond acceptors (Lipinski definition) is 3. The van der Waals surface area contributed by atoms with Crippen molar-refractivity contribution in [3.05, 3.63) is 29.3 Å². The summed E-state index contributed by atoms with van der Waals surface area (Å²) >= 11 is 0. The number of anilines is 1. The molecule has 0 aliphatic heterocycles. The molecule has 192 valence electrons. The molecule has 1 saturated carbocycles. The van der Waals surface area contributed by atoms with Gasteiger partial charge in [0.2, 0.25) is 11.8 Å². The number of hydrogen-bond donors (Lipinski definition) is 3. The Morgan fingerprint density at radius 1 is 0.971 bits per heavy atom. The minimum Gasteiger partial charge on any atom is -0.356 e. The third kappa shape index (κ3) is 8.81. The zero-order valence-corrected chi connectivity index (χ0v) is 19.0. The molecule has 0 radical (unpaired) electrons. The van der Waals surface area contributed by atoms with Crippen molar-refractivity contribution >= 4 is 17.5 Å². The lowest BCUT2D eigenvalue weighted by Crippen LogP contribution is -2.46. The average Bonchev–Trinajstić information content (AvgIpc) is 2.71. The number of alkyl halides is 6. The van der Waals surface area contributed by atoms with Gasteiger partial charge in [-0.3, -0.25) is 9.59 Å². The van der Waals surface area contributed by atoms with E-state index in [-0.39, 0.29) is 30.7 Å². The van der Waals surface area contributed by atoms with E-state index in [1.54, 1.807) is 0 Å². The summed E-state index contributed by atoms with van der Waals surface area (Å²) < 4.78 is 78.0. The van der Waals surface area contributed by atoms with Gasteiger partial charge in [-0.1, -0.05) is 32.6 Å². The largest absolute Gasteiger partial charge is 0.416 e. The predicted octanol–water partition coefficient (Wildman–Crippen LogP) is 5.64. The Morgan fingerprint density at radius 3 is 2.03 bits per heavy atom. The molecular weight excluding hydrogens is 464 g/mol. The van der Waals surface area contributed by atoms with Crippen molar-refractivity contribution in [3.8, 4) is 0 Å². The molecule has 0 aromatic heterocycles. The zero-order valence-electron chi connectivity index (χ0n) is 19.0. The van der Waals surface area contributed by atoms with Crippen molar-refractivity contribution in [2.24, 2.45) is 11.7 Å². The summed E-state index contributed by atoms with van der Waals surface area (Å²) in [6.07, 6.45) is -4.21. The lowest BCUT2D eigenvalue weighted by atomic mass is 9.80. The molecule has 34 heavy (non-hydrogen) atoms. The summed E-state index contributed by atoms with van der Waals surface area (Å²) in [5.74, 6) is -1.09. The van der Waals surface area contributed by atoms with Crippen LogP contribution >= 0.6 is 0 Å². The maximum Gasteiger partial charge on any atom is 0.416 e. The van der Waals surface area contributed by atoms with Crippen LogP contribution in [0.15, 0.2) is 18.2 Å². The van der Waals surface area contributed by atoms with E-state index in [2.05, 4.69) is 10.6 Å². The Balaban J connectivity index is 1.90. The fourth-order valence-electron chi connectivity index (χ4n) is 4.18. The molecule has 4 N–H and O–H groups in total. The van der Waals surface area contributed by atoms with Crippen LogP contribution in [-0.4, -0.2) is 23.9 Å². The number of nitrogens with one attached hydrogen (secondary N) is 2. The van der Waals surface area contributed by atoms with E-state index in [4.69, 9.17) is 5.73 Å². The Labute approximate surface area is 194 Å². The van der Waals surface area contributed by atoms with Crippen LogP contribution in [0.5, 0.6) is 0 Å². The first kappa shape index (κ1) is 27.9. The molecule has 1 aliphatic carbocycles. The van der Waals surface area contributed by atoms with Crippen LogP contribution in [0.3, 0.4) is 0 Å². The van der Waals surface area contributed by atoms with Gasteiger partial charge in [0, 0.05) is 30.6 Å². The molecule has 0 spiro atoms. The number of carbonyl (C=O) groups excluding carboxylic acids is 2. The van der Waals surface area contributed by atoms with Gasteiger partial charge in [-0.05, 0) is 43.4 Å². The highest BCUT2D eigenvalue weighted by atomic mass is 19.4. The fourth-order valence-corrected chi connectivity index (χ4v) is 4.18. The smallest absolute Gasteiger partial charge is 0.356 e. The number of nitrogens with two attached hydrogens (primary N) is 1. The number of amides is 2. The molecule has 0 heterocycles. The standard InChI is InChI=1S/C23H31F6N3O2/c1-2-15(6-9-31-20(34)14-21(30)7-4-3-5-8-21)10-19(33)32-18-12-16(22(24,25)26)11-17(13-18)23(27,28)29/h11-13,15H,2-10,14,30H2,1H3,(H,31,34)(H,32,33). The molecule has 1 aromatic carbocycles. The summed E-state index contributed by atoms with van der Waals surface area (Å²) in [7, 11) is 0. The molecule has 11 heteroatoms. The molecule has 0 saturated heterocycles. The third-order valence-corrected chi connectivity index (χ3v) is 6.16. The van der Waals surface area contributed by atoms with Crippen LogP contribution in [0, 0.1) is 5.92 Å². The first-order valence-corrected chi connectivity index (χ1v) is 11.4. The topological polar surface area (TPSA) is 84.2 Å².